The standard InChI is InChI=1S/C13H7BrClF4N7O2S2/c14-13(15,19)29-12(20,30-26(27)28)11-24-9-8(21-3-22-9)10(25-11)23-5-2-1-4(16)6(17)7(5)18/h1-3H,20H2,(H2,21,22,23,24,25). The molecule has 0 saturated carbocycles. The number of thioether (sulfide) groups is 1. The fraction of sp³-hybridized carbons (Fsp3) is 0.154. The summed E-state index contributed by atoms with van der Waals surface area (Å²) in [6, 6.07) is 1.58. The lowest BCUT2D eigenvalue weighted by molar-refractivity contribution is -0.285. The topological polar surface area (TPSA) is 136 Å². The van der Waals surface area contributed by atoms with Gasteiger partial charge >= 0.3 is 0 Å². The number of hydrogen-bond acceptors (Lipinski definition) is 9. The van der Waals surface area contributed by atoms with E-state index in [0.717, 1.165) is 6.07 Å². The summed E-state index contributed by atoms with van der Waals surface area (Å²) in [7, 11) is 0. The van der Waals surface area contributed by atoms with Gasteiger partial charge in [0.15, 0.2) is 34.7 Å². The lowest BCUT2D eigenvalue weighted by atomic mass is 10.2. The van der Waals surface area contributed by atoms with E-state index in [0.29, 0.717) is 6.07 Å². The summed E-state index contributed by atoms with van der Waals surface area (Å²) in [6.45, 7) is 0. The maximum Gasteiger partial charge on any atom is 0.287 e. The minimum atomic E-state index is -2.73. The van der Waals surface area contributed by atoms with Crippen LogP contribution in [0.4, 0.5) is 29.1 Å². The number of benzene rings is 1. The van der Waals surface area contributed by atoms with Crippen LogP contribution in [0.25, 0.3) is 11.2 Å². The van der Waals surface area contributed by atoms with Gasteiger partial charge < -0.3 is 10.3 Å². The SMILES string of the molecule is NC(S[N+](=O)[O-])(SC(F)(Cl)Br)c1nc(Nc2ccc(F)c(F)c2F)c2[nH]cnc2n1. The summed E-state index contributed by atoms with van der Waals surface area (Å²) in [6.07, 6.45) is 1.17. The first-order valence-corrected chi connectivity index (χ1v) is 10.2. The average molecular weight is 549 g/mol. The second kappa shape index (κ2) is 8.33. The smallest absolute Gasteiger partial charge is 0.287 e. The third-order valence-electron chi connectivity index (χ3n) is 3.36. The van der Waals surface area contributed by atoms with Gasteiger partial charge in [0, 0.05) is 0 Å². The van der Waals surface area contributed by atoms with Crippen molar-refractivity contribution in [3.8, 4) is 0 Å². The molecule has 0 spiro atoms. The van der Waals surface area contributed by atoms with Gasteiger partial charge in [-0.25, -0.2) is 32.5 Å². The van der Waals surface area contributed by atoms with Gasteiger partial charge in [-0.2, -0.15) is 0 Å². The van der Waals surface area contributed by atoms with Gasteiger partial charge in [-0.15, -0.1) is 0 Å². The van der Waals surface area contributed by atoms with Crippen LogP contribution in [0, 0.1) is 27.6 Å². The minimum Gasteiger partial charge on any atom is -0.340 e. The molecule has 4 N–H and O–H groups in total. The average Bonchev–Trinajstić information content (AvgIpc) is 3.08. The molecule has 0 aliphatic heterocycles. The fourth-order valence-corrected chi connectivity index (χ4v) is 5.40. The van der Waals surface area contributed by atoms with E-state index in [9.17, 15) is 27.7 Å². The van der Waals surface area contributed by atoms with Crippen LogP contribution in [-0.2, 0) is 4.20 Å². The number of nitrogens with zero attached hydrogens (tertiary/aromatic N) is 4. The zero-order valence-corrected chi connectivity index (χ0v) is 18.0. The van der Waals surface area contributed by atoms with E-state index < -0.39 is 40.9 Å². The highest BCUT2D eigenvalue weighted by molar-refractivity contribution is 9.12. The van der Waals surface area contributed by atoms with Gasteiger partial charge in [0.25, 0.3) is 15.3 Å². The molecule has 0 bridgehead atoms. The van der Waals surface area contributed by atoms with Crippen molar-refractivity contribution in [2.45, 2.75) is 7.57 Å². The fourth-order valence-electron chi connectivity index (χ4n) is 2.22. The summed E-state index contributed by atoms with van der Waals surface area (Å²) < 4.78 is 48.8. The van der Waals surface area contributed by atoms with Crippen molar-refractivity contribution < 1.29 is 21.9 Å². The number of aromatic amines is 1. The van der Waals surface area contributed by atoms with Crippen LogP contribution < -0.4 is 11.1 Å². The number of nitrogens with one attached hydrogen (secondary N) is 2. The maximum absolute atomic E-state index is 14.1. The third-order valence-corrected chi connectivity index (χ3v) is 5.87. The van der Waals surface area contributed by atoms with Gasteiger partial charge in [0.2, 0.25) is 4.20 Å². The van der Waals surface area contributed by atoms with Crippen molar-refractivity contribution >= 4 is 73.9 Å². The number of rotatable bonds is 7. The van der Waals surface area contributed by atoms with Crippen LogP contribution in [-0.4, -0.2) is 27.6 Å². The van der Waals surface area contributed by atoms with Gasteiger partial charge in [-0.05, 0) is 39.8 Å². The molecule has 0 saturated heterocycles. The van der Waals surface area contributed by atoms with Crippen LogP contribution in [0.15, 0.2) is 18.5 Å². The number of aromatic nitrogens is 4. The van der Waals surface area contributed by atoms with E-state index in [2.05, 4.69) is 41.2 Å². The number of imidazole rings is 1. The Bertz CT molecular complexity index is 1130. The molecule has 3 rings (SSSR count). The number of fused-ring (bicyclic) bond motifs is 1. The number of nitrogens with two attached hydrogens (primary N) is 1. The Hall–Kier alpha value is -1.88. The van der Waals surface area contributed by atoms with E-state index >= 15 is 0 Å². The van der Waals surface area contributed by atoms with E-state index in [1.807, 2.05) is 0 Å². The Labute approximate surface area is 186 Å². The zero-order chi connectivity index (χ0) is 22.3. The highest BCUT2D eigenvalue weighted by atomic mass is 79.9. The van der Waals surface area contributed by atoms with Gasteiger partial charge in [0.05, 0.1) is 12.0 Å². The summed E-state index contributed by atoms with van der Waals surface area (Å²) in [4.78, 5) is 25.5. The Morgan fingerprint density at radius 1 is 1.30 bits per heavy atom. The lowest BCUT2D eigenvalue weighted by Gasteiger charge is -2.24. The summed E-state index contributed by atoms with van der Waals surface area (Å²) in [5.41, 5.74) is 5.44. The number of H-pyrrole nitrogens is 1. The zero-order valence-electron chi connectivity index (χ0n) is 14.0. The monoisotopic (exact) mass is 547 g/mol. The quantitative estimate of drug-likeness (QED) is 0.0744. The van der Waals surface area contributed by atoms with Crippen molar-refractivity contribution in [3.63, 3.8) is 0 Å². The third kappa shape index (κ3) is 4.88. The Balaban J connectivity index is 2.14. The van der Waals surface area contributed by atoms with Crippen molar-refractivity contribution in [1.82, 2.24) is 19.9 Å². The predicted molar refractivity (Wildman–Crippen MR) is 108 cm³/mol. The van der Waals surface area contributed by atoms with Crippen molar-refractivity contribution in [3.05, 3.63) is 51.9 Å². The molecule has 0 radical (unpaired) electrons. The predicted octanol–water partition coefficient (Wildman–Crippen LogP) is 4.46. The number of alkyl halides is 3. The summed E-state index contributed by atoms with van der Waals surface area (Å²) >= 11 is 7.82. The molecule has 17 heteroatoms. The van der Waals surface area contributed by atoms with E-state index in [-0.39, 0.29) is 40.7 Å². The lowest BCUT2D eigenvalue weighted by Crippen LogP contribution is -2.35. The van der Waals surface area contributed by atoms with Gasteiger partial charge in [-0.1, -0.05) is 11.6 Å². The molecule has 0 amide bonds. The molecule has 30 heavy (non-hydrogen) atoms. The Kier molecular flexibility index (Phi) is 6.33. The summed E-state index contributed by atoms with van der Waals surface area (Å²) in [5.74, 6) is -5.44. The first-order chi connectivity index (χ1) is 13.9. The molecule has 0 aliphatic rings. The van der Waals surface area contributed by atoms with E-state index in [1.54, 1.807) is 0 Å². The van der Waals surface area contributed by atoms with Crippen molar-refractivity contribution in [1.29, 1.82) is 0 Å². The van der Waals surface area contributed by atoms with E-state index in [4.69, 9.17) is 17.3 Å². The largest absolute Gasteiger partial charge is 0.340 e. The Morgan fingerprint density at radius 3 is 2.63 bits per heavy atom. The number of halogens is 6. The molecule has 2 atom stereocenters. The molecule has 0 aliphatic carbocycles. The van der Waals surface area contributed by atoms with Crippen LogP contribution in [0.1, 0.15) is 5.82 Å². The second-order valence-electron chi connectivity index (χ2n) is 5.38. The molecule has 160 valence electrons. The molecular formula is C13H7BrClF4N7O2S2. The summed E-state index contributed by atoms with van der Waals surface area (Å²) in [5, 5.41) is 13.5. The first kappa shape index (κ1) is 22.8. The highest BCUT2D eigenvalue weighted by Crippen LogP contribution is 2.52. The molecule has 2 heterocycles. The van der Waals surface area contributed by atoms with E-state index in [1.165, 1.54) is 6.33 Å². The van der Waals surface area contributed by atoms with Crippen LogP contribution in [0.2, 0.25) is 0 Å². The minimum absolute atomic E-state index is 0.0594. The van der Waals surface area contributed by atoms with Crippen molar-refractivity contribution in [2.24, 2.45) is 5.73 Å². The molecule has 1 aromatic carbocycles. The number of hydrogen-bond donors (Lipinski definition) is 3. The molecule has 2 aromatic heterocycles. The highest BCUT2D eigenvalue weighted by Gasteiger charge is 2.48. The van der Waals surface area contributed by atoms with Crippen LogP contribution >= 0.6 is 51.2 Å². The molecule has 2 unspecified atom stereocenters. The number of nitro groups is 1. The molecule has 3 aromatic rings. The normalized spacial score (nSPS) is 15.6. The molecular weight excluding hydrogens is 542 g/mol. The maximum atomic E-state index is 14.1. The first-order valence-electron chi connectivity index (χ1n) is 7.41. The van der Waals surface area contributed by atoms with Crippen LogP contribution in [0.3, 0.4) is 0 Å². The van der Waals surface area contributed by atoms with Crippen molar-refractivity contribution in [2.75, 3.05) is 5.32 Å². The van der Waals surface area contributed by atoms with Crippen LogP contribution in [0.5, 0.6) is 0 Å². The second-order valence-corrected chi connectivity index (χ2v) is 11.0. The molecule has 9 nitrogen and oxygen atoms in total. The van der Waals surface area contributed by atoms with Gasteiger partial charge in [0.1, 0.15) is 9.85 Å². The Morgan fingerprint density at radius 2 is 2.00 bits per heavy atom. The number of anilines is 2. The van der Waals surface area contributed by atoms with Gasteiger partial charge in [-0.3, -0.25) is 15.8 Å². The molecule has 0 fully saturated rings.